The molecule has 4 rings (SSSR count). The predicted octanol–water partition coefficient (Wildman–Crippen LogP) is 6.73. The summed E-state index contributed by atoms with van der Waals surface area (Å²) in [6.45, 7) is 0.145. The molecule has 4 aromatic rings. The molecule has 0 fully saturated rings. The number of halogens is 3. The lowest BCUT2D eigenvalue weighted by molar-refractivity contribution is 0.0602. The fraction of sp³-hybridized carbons (Fsp3) is 0.125. The monoisotopic (exact) mass is 592 g/mol. The van der Waals surface area contributed by atoms with Gasteiger partial charge in [0, 0.05) is 28.1 Å². The second-order valence-corrected chi connectivity index (χ2v) is 10.2. The van der Waals surface area contributed by atoms with Gasteiger partial charge in [-0.25, -0.2) is 9.18 Å². The van der Waals surface area contributed by atoms with Gasteiger partial charge in [0.05, 0.1) is 23.7 Å². The zero-order valence-corrected chi connectivity index (χ0v) is 22.3. The van der Waals surface area contributed by atoms with Crippen molar-refractivity contribution in [2.24, 2.45) is 0 Å². The topological polar surface area (TPSA) is 68.2 Å². The van der Waals surface area contributed by atoms with Gasteiger partial charge in [0.15, 0.2) is 10.9 Å². The highest BCUT2D eigenvalue weighted by Crippen LogP contribution is 2.31. The van der Waals surface area contributed by atoms with Gasteiger partial charge in [-0.2, -0.15) is 5.10 Å². The number of thiocarbonyl (C=S) groups is 1. The number of ether oxygens (including phenoxy) is 1. The molecule has 0 amide bonds. The van der Waals surface area contributed by atoms with E-state index in [1.54, 1.807) is 29.1 Å². The highest BCUT2D eigenvalue weighted by Gasteiger charge is 2.19. The third-order valence-electron chi connectivity index (χ3n) is 4.97. The first kappa shape index (κ1) is 25.3. The number of nitrogens with zero attached hydrogens (tertiary/aromatic N) is 2. The summed E-state index contributed by atoms with van der Waals surface area (Å²) in [7, 11) is 1.34. The summed E-state index contributed by atoms with van der Waals surface area (Å²) in [5, 5.41) is 11.6. The van der Waals surface area contributed by atoms with E-state index in [0.29, 0.717) is 37.9 Å². The first-order valence-corrected chi connectivity index (χ1v) is 12.7. The molecule has 0 spiro atoms. The van der Waals surface area contributed by atoms with E-state index < -0.39 is 11.8 Å². The van der Waals surface area contributed by atoms with Crippen molar-refractivity contribution in [3.8, 4) is 0 Å². The molecule has 0 atom stereocenters. The number of carbonyl (C=O) groups excluding carboxylic acids is 1. The fourth-order valence-corrected chi connectivity index (χ4v) is 5.31. The number of rotatable bonds is 7. The van der Waals surface area contributed by atoms with Crippen molar-refractivity contribution in [1.29, 1.82) is 0 Å². The van der Waals surface area contributed by atoms with Crippen LogP contribution < -0.4 is 10.6 Å². The first-order chi connectivity index (χ1) is 16.8. The molecule has 0 radical (unpaired) electrons. The Balaban J connectivity index is 1.49. The number of methoxy groups -OCH3 is 1. The van der Waals surface area contributed by atoms with Gasteiger partial charge in [-0.05, 0) is 51.9 Å². The Morgan fingerprint density at radius 2 is 2.00 bits per heavy atom. The van der Waals surface area contributed by atoms with Crippen LogP contribution in [0, 0.1) is 5.82 Å². The van der Waals surface area contributed by atoms with Gasteiger partial charge in [0.2, 0.25) is 0 Å². The molecule has 2 aromatic carbocycles. The minimum absolute atomic E-state index is 0.145. The van der Waals surface area contributed by atoms with E-state index in [2.05, 4.69) is 31.7 Å². The SMILES string of the molecule is COC(=O)c1cc(Cc2ccccc2)sc1NC(=S)Nc1nn(Cc2c(F)cccc2Cl)cc1Br. The third kappa shape index (κ3) is 6.26. The highest BCUT2D eigenvalue weighted by atomic mass is 79.9. The van der Waals surface area contributed by atoms with Crippen molar-refractivity contribution >= 4 is 73.0 Å². The van der Waals surface area contributed by atoms with Gasteiger partial charge in [-0.1, -0.05) is 48.0 Å². The molecule has 0 saturated heterocycles. The molecule has 0 saturated carbocycles. The summed E-state index contributed by atoms with van der Waals surface area (Å²) >= 11 is 16.4. The molecule has 0 aliphatic heterocycles. The maximum atomic E-state index is 14.1. The van der Waals surface area contributed by atoms with Gasteiger partial charge in [0.25, 0.3) is 0 Å². The maximum absolute atomic E-state index is 14.1. The Hall–Kier alpha value is -2.79. The molecule has 6 nitrogen and oxygen atoms in total. The number of hydrogen-bond acceptors (Lipinski definition) is 5. The lowest BCUT2D eigenvalue weighted by Crippen LogP contribution is -2.20. The average molecular weight is 594 g/mol. The number of esters is 1. The Bertz CT molecular complexity index is 1360. The fourth-order valence-electron chi connectivity index (χ4n) is 3.33. The van der Waals surface area contributed by atoms with Crippen LogP contribution in [0.5, 0.6) is 0 Å². The van der Waals surface area contributed by atoms with E-state index in [4.69, 9.17) is 28.6 Å². The number of hydrogen-bond donors (Lipinski definition) is 2. The normalized spacial score (nSPS) is 10.7. The largest absolute Gasteiger partial charge is 0.465 e. The van der Waals surface area contributed by atoms with Crippen LogP contribution in [-0.2, 0) is 17.7 Å². The van der Waals surface area contributed by atoms with Crippen LogP contribution >= 0.6 is 51.1 Å². The molecule has 35 heavy (non-hydrogen) atoms. The Morgan fingerprint density at radius 1 is 1.23 bits per heavy atom. The summed E-state index contributed by atoms with van der Waals surface area (Å²) in [6.07, 6.45) is 2.36. The number of aromatic nitrogens is 2. The Morgan fingerprint density at radius 3 is 2.71 bits per heavy atom. The third-order valence-corrected chi connectivity index (χ3v) is 7.16. The van der Waals surface area contributed by atoms with Crippen LogP contribution in [0.2, 0.25) is 5.02 Å². The Labute approximate surface area is 224 Å². The summed E-state index contributed by atoms with van der Waals surface area (Å²) in [5.41, 5.74) is 1.86. The van der Waals surface area contributed by atoms with Crippen molar-refractivity contribution in [2.75, 3.05) is 17.7 Å². The molecule has 0 aliphatic carbocycles. The van der Waals surface area contributed by atoms with Gasteiger partial charge >= 0.3 is 5.97 Å². The molecule has 2 aromatic heterocycles. The zero-order chi connectivity index (χ0) is 24.9. The molecule has 0 unspecified atom stereocenters. The van der Waals surface area contributed by atoms with Crippen molar-refractivity contribution in [2.45, 2.75) is 13.0 Å². The van der Waals surface area contributed by atoms with E-state index in [1.807, 2.05) is 30.3 Å². The molecule has 0 aliphatic rings. The van der Waals surface area contributed by atoms with E-state index in [9.17, 15) is 9.18 Å². The zero-order valence-electron chi connectivity index (χ0n) is 18.3. The standard InChI is InChI=1S/C24H19BrClFN4O2S2/c1-33-23(32)16-11-15(10-14-6-3-2-4-7-14)35-22(16)29-24(34)28-21-18(25)13-31(30-21)12-17-19(26)8-5-9-20(17)27/h2-9,11,13H,10,12H2,1H3,(H2,28,29,30,34). The number of anilines is 2. The van der Waals surface area contributed by atoms with E-state index in [-0.39, 0.29) is 11.7 Å². The smallest absolute Gasteiger partial charge is 0.340 e. The quantitative estimate of drug-likeness (QED) is 0.183. The van der Waals surface area contributed by atoms with Gasteiger partial charge in [0.1, 0.15) is 10.8 Å². The maximum Gasteiger partial charge on any atom is 0.340 e. The molecular formula is C24H19BrClFN4O2S2. The minimum atomic E-state index is -0.460. The molecule has 2 N–H and O–H groups in total. The molecule has 180 valence electrons. The second-order valence-electron chi connectivity index (χ2n) is 7.41. The van der Waals surface area contributed by atoms with Gasteiger partial charge < -0.3 is 15.4 Å². The second kappa shape index (κ2) is 11.3. The van der Waals surface area contributed by atoms with Crippen molar-refractivity contribution in [1.82, 2.24) is 9.78 Å². The van der Waals surface area contributed by atoms with Gasteiger partial charge in [-0.15, -0.1) is 11.3 Å². The number of nitrogens with one attached hydrogen (secondary N) is 2. The lowest BCUT2D eigenvalue weighted by Gasteiger charge is -2.09. The summed E-state index contributed by atoms with van der Waals surface area (Å²) in [4.78, 5) is 13.3. The van der Waals surface area contributed by atoms with Gasteiger partial charge in [-0.3, -0.25) is 4.68 Å². The van der Waals surface area contributed by atoms with Crippen molar-refractivity contribution in [3.05, 3.63) is 97.7 Å². The van der Waals surface area contributed by atoms with Crippen LogP contribution in [0.25, 0.3) is 0 Å². The highest BCUT2D eigenvalue weighted by molar-refractivity contribution is 9.10. The Kier molecular flexibility index (Phi) is 8.17. The lowest BCUT2D eigenvalue weighted by atomic mass is 10.1. The van der Waals surface area contributed by atoms with E-state index in [0.717, 1.165) is 10.4 Å². The van der Waals surface area contributed by atoms with Crippen LogP contribution in [0.3, 0.4) is 0 Å². The van der Waals surface area contributed by atoms with Crippen LogP contribution in [0.4, 0.5) is 15.2 Å². The molecule has 11 heteroatoms. The predicted molar refractivity (Wildman–Crippen MR) is 145 cm³/mol. The van der Waals surface area contributed by atoms with E-state index in [1.165, 1.54) is 24.5 Å². The number of carbonyl (C=O) groups is 1. The molecular weight excluding hydrogens is 575 g/mol. The van der Waals surface area contributed by atoms with E-state index >= 15 is 0 Å². The summed E-state index contributed by atoms with van der Waals surface area (Å²) < 4.78 is 21.3. The van der Waals surface area contributed by atoms with Crippen molar-refractivity contribution in [3.63, 3.8) is 0 Å². The summed E-state index contributed by atoms with van der Waals surface area (Å²) in [6, 6.07) is 16.3. The van der Waals surface area contributed by atoms with Crippen LogP contribution in [0.1, 0.15) is 26.4 Å². The first-order valence-electron chi connectivity index (χ1n) is 10.3. The van der Waals surface area contributed by atoms with Crippen LogP contribution in [0.15, 0.2) is 65.3 Å². The number of benzene rings is 2. The van der Waals surface area contributed by atoms with Crippen LogP contribution in [-0.4, -0.2) is 28.0 Å². The van der Waals surface area contributed by atoms with Crippen molar-refractivity contribution < 1.29 is 13.9 Å². The molecule has 2 heterocycles. The summed E-state index contributed by atoms with van der Waals surface area (Å²) in [5.74, 6) is -0.441. The average Bonchev–Trinajstić information content (AvgIpc) is 3.38. The number of thiophene rings is 1. The minimum Gasteiger partial charge on any atom is -0.465 e. The molecule has 0 bridgehead atoms.